The van der Waals surface area contributed by atoms with E-state index in [0.717, 1.165) is 35.1 Å². The number of anilines is 2. The van der Waals surface area contributed by atoms with Crippen molar-refractivity contribution in [2.75, 3.05) is 18.4 Å². The van der Waals surface area contributed by atoms with Gasteiger partial charge >= 0.3 is 0 Å². The van der Waals surface area contributed by atoms with Gasteiger partial charge in [-0.3, -0.25) is 10.2 Å². The Hall–Kier alpha value is -1.26. The molecular weight excluding hydrogens is 543 g/mol. The summed E-state index contributed by atoms with van der Waals surface area (Å²) in [6, 6.07) is 6.87. The molecule has 8 heteroatoms. The van der Waals surface area contributed by atoms with Crippen LogP contribution in [-0.4, -0.2) is 24.0 Å². The largest absolute Gasteiger partial charge is 0.352 e. The number of aryl methyl sites for hydroxylation is 1. The van der Waals surface area contributed by atoms with Gasteiger partial charge in [-0.2, -0.15) is 0 Å². The number of nitrogens with zero attached hydrogens (tertiary/aromatic N) is 1. The van der Waals surface area contributed by atoms with Gasteiger partial charge in [0.05, 0.1) is 15.7 Å². The topological polar surface area (TPSA) is 44.4 Å². The molecule has 2 aromatic carbocycles. The highest BCUT2D eigenvalue weighted by Crippen LogP contribution is 2.32. The summed E-state index contributed by atoms with van der Waals surface area (Å²) in [5, 5.41) is 4.74. The number of piperidine rings is 1. The van der Waals surface area contributed by atoms with Crippen molar-refractivity contribution < 1.29 is 13.6 Å². The van der Waals surface area contributed by atoms with Crippen LogP contribution in [0.4, 0.5) is 20.2 Å². The van der Waals surface area contributed by atoms with E-state index in [9.17, 15) is 13.6 Å². The molecule has 2 aromatic rings. The van der Waals surface area contributed by atoms with E-state index in [4.69, 9.17) is 0 Å². The highest BCUT2D eigenvalue weighted by Gasteiger charge is 2.25. The molecule has 0 radical (unpaired) electrons. The van der Waals surface area contributed by atoms with E-state index >= 15 is 0 Å². The fraction of sp³-hybridized carbons (Fsp3) is 0.350. The lowest BCUT2D eigenvalue weighted by molar-refractivity contribution is 0.0712. The number of benzene rings is 2. The van der Waals surface area contributed by atoms with Crippen molar-refractivity contribution in [3.05, 3.63) is 55.1 Å². The van der Waals surface area contributed by atoms with Gasteiger partial charge < -0.3 is 5.32 Å². The standard InChI is InChI=1S/C20H21BrF2IN3O/c1-11-5-7-27(8-6-11)26-20(28)14-10-15(21)17(22)18(23)19(14)25-16-4-3-13(24)9-12(16)2/h3-4,9-11,25H,5-8H2,1-2H3,(H,26,28). The zero-order chi connectivity index (χ0) is 20.4. The minimum absolute atomic E-state index is 0.0438. The Morgan fingerprint density at radius 3 is 2.54 bits per heavy atom. The summed E-state index contributed by atoms with van der Waals surface area (Å²) in [4.78, 5) is 12.9. The van der Waals surface area contributed by atoms with E-state index in [0.29, 0.717) is 11.6 Å². The summed E-state index contributed by atoms with van der Waals surface area (Å²) >= 11 is 5.19. The average Bonchev–Trinajstić information content (AvgIpc) is 2.65. The van der Waals surface area contributed by atoms with Crippen LogP contribution in [0, 0.1) is 28.0 Å². The first kappa shape index (κ1) is 21.4. The third kappa shape index (κ3) is 4.83. The number of hydrogen-bond donors (Lipinski definition) is 2. The fourth-order valence-corrected chi connectivity index (χ4v) is 4.17. The number of hydrogen-bond acceptors (Lipinski definition) is 3. The maximum Gasteiger partial charge on any atom is 0.267 e. The van der Waals surface area contributed by atoms with Gasteiger partial charge in [-0.1, -0.05) is 6.92 Å². The molecule has 1 heterocycles. The van der Waals surface area contributed by atoms with Crippen LogP contribution in [0.15, 0.2) is 28.7 Å². The van der Waals surface area contributed by atoms with Crippen molar-refractivity contribution in [3.63, 3.8) is 0 Å². The molecule has 2 N–H and O–H groups in total. The molecule has 28 heavy (non-hydrogen) atoms. The van der Waals surface area contributed by atoms with Gasteiger partial charge in [-0.05, 0) is 94.0 Å². The third-order valence-corrected chi connectivity index (χ3v) is 6.15. The first-order valence-corrected chi connectivity index (χ1v) is 10.9. The van der Waals surface area contributed by atoms with Crippen LogP contribution < -0.4 is 10.7 Å². The van der Waals surface area contributed by atoms with E-state index < -0.39 is 17.5 Å². The van der Waals surface area contributed by atoms with Gasteiger partial charge in [0.25, 0.3) is 5.91 Å². The summed E-state index contributed by atoms with van der Waals surface area (Å²) in [5.41, 5.74) is 4.17. The van der Waals surface area contributed by atoms with Gasteiger partial charge in [0.1, 0.15) is 0 Å². The Bertz CT molecular complexity index is 902. The molecule has 1 amide bonds. The monoisotopic (exact) mass is 563 g/mol. The Morgan fingerprint density at radius 1 is 1.21 bits per heavy atom. The Balaban J connectivity index is 1.92. The lowest BCUT2D eigenvalue weighted by Gasteiger charge is -2.30. The summed E-state index contributed by atoms with van der Waals surface area (Å²) in [6.07, 6.45) is 1.96. The molecule has 0 aromatic heterocycles. The van der Waals surface area contributed by atoms with Crippen molar-refractivity contribution in [2.24, 2.45) is 5.92 Å². The quantitative estimate of drug-likeness (QED) is 0.367. The van der Waals surface area contributed by atoms with Crippen LogP contribution >= 0.6 is 38.5 Å². The number of carbonyl (C=O) groups excluding carboxylic acids is 1. The maximum absolute atomic E-state index is 14.7. The lowest BCUT2D eigenvalue weighted by Crippen LogP contribution is -2.46. The Labute approximate surface area is 185 Å². The number of hydrazine groups is 1. The number of halogens is 4. The van der Waals surface area contributed by atoms with Gasteiger partial charge in [0, 0.05) is 22.3 Å². The van der Waals surface area contributed by atoms with Gasteiger partial charge in [0.15, 0.2) is 11.6 Å². The predicted octanol–water partition coefficient (Wildman–Crippen LogP) is 5.76. The summed E-state index contributed by atoms with van der Waals surface area (Å²) in [5.74, 6) is -1.98. The van der Waals surface area contributed by atoms with E-state index in [-0.39, 0.29) is 15.7 Å². The van der Waals surface area contributed by atoms with E-state index in [2.05, 4.69) is 56.2 Å². The van der Waals surface area contributed by atoms with Crippen LogP contribution in [0.1, 0.15) is 35.7 Å². The molecule has 1 saturated heterocycles. The molecule has 1 fully saturated rings. The molecule has 0 spiro atoms. The summed E-state index contributed by atoms with van der Waals surface area (Å²) in [6.45, 7) is 5.51. The van der Waals surface area contributed by atoms with E-state index in [1.54, 1.807) is 6.07 Å². The number of amides is 1. The zero-order valence-electron chi connectivity index (χ0n) is 15.6. The van der Waals surface area contributed by atoms with Crippen LogP contribution in [-0.2, 0) is 0 Å². The molecule has 0 saturated carbocycles. The van der Waals surface area contributed by atoms with Crippen LogP contribution in [0.5, 0.6) is 0 Å². The fourth-order valence-electron chi connectivity index (χ4n) is 3.12. The molecule has 0 unspecified atom stereocenters. The first-order chi connectivity index (χ1) is 13.3. The van der Waals surface area contributed by atoms with Crippen molar-refractivity contribution in [1.29, 1.82) is 0 Å². The molecule has 0 atom stereocenters. The van der Waals surface area contributed by atoms with Crippen molar-refractivity contribution in [2.45, 2.75) is 26.7 Å². The molecule has 1 aliphatic heterocycles. The van der Waals surface area contributed by atoms with Crippen LogP contribution in [0.2, 0.25) is 0 Å². The Morgan fingerprint density at radius 2 is 1.89 bits per heavy atom. The summed E-state index contributed by atoms with van der Waals surface area (Å²) in [7, 11) is 0. The Kier molecular flexibility index (Phi) is 6.93. The second-order valence-electron chi connectivity index (χ2n) is 7.10. The third-order valence-electron chi connectivity index (χ3n) is 4.90. The average molecular weight is 564 g/mol. The van der Waals surface area contributed by atoms with Crippen LogP contribution in [0.3, 0.4) is 0 Å². The van der Waals surface area contributed by atoms with E-state index in [1.807, 2.05) is 24.1 Å². The summed E-state index contributed by atoms with van der Waals surface area (Å²) < 4.78 is 29.9. The van der Waals surface area contributed by atoms with Gasteiger partial charge in [-0.15, -0.1) is 0 Å². The van der Waals surface area contributed by atoms with Gasteiger partial charge in [0.2, 0.25) is 0 Å². The molecular formula is C20H21BrF2IN3O. The molecule has 3 rings (SSSR count). The normalized spacial score (nSPS) is 15.5. The van der Waals surface area contributed by atoms with Crippen molar-refractivity contribution >= 4 is 55.8 Å². The first-order valence-electron chi connectivity index (χ1n) is 9.03. The van der Waals surface area contributed by atoms with Crippen molar-refractivity contribution in [3.8, 4) is 0 Å². The van der Waals surface area contributed by atoms with Crippen LogP contribution in [0.25, 0.3) is 0 Å². The second kappa shape index (κ2) is 9.04. The molecule has 0 aliphatic carbocycles. The lowest BCUT2D eigenvalue weighted by atomic mass is 10.0. The van der Waals surface area contributed by atoms with Crippen molar-refractivity contribution in [1.82, 2.24) is 10.4 Å². The molecule has 1 aliphatic rings. The maximum atomic E-state index is 14.7. The SMILES string of the molecule is Cc1cc(I)ccc1Nc1c(C(=O)NN2CCC(C)CC2)cc(Br)c(F)c1F. The smallest absolute Gasteiger partial charge is 0.267 e. The highest BCUT2D eigenvalue weighted by molar-refractivity contribution is 14.1. The predicted molar refractivity (Wildman–Crippen MR) is 119 cm³/mol. The number of nitrogens with one attached hydrogen (secondary N) is 2. The minimum atomic E-state index is -1.09. The minimum Gasteiger partial charge on any atom is -0.352 e. The number of rotatable bonds is 4. The zero-order valence-corrected chi connectivity index (χ0v) is 19.3. The highest BCUT2D eigenvalue weighted by atomic mass is 127. The molecule has 4 nitrogen and oxygen atoms in total. The second-order valence-corrected chi connectivity index (χ2v) is 9.20. The van der Waals surface area contributed by atoms with E-state index in [1.165, 1.54) is 6.07 Å². The molecule has 150 valence electrons. The van der Waals surface area contributed by atoms with Gasteiger partial charge in [-0.25, -0.2) is 13.8 Å². The molecule has 0 bridgehead atoms. The number of carbonyl (C=O) groups is 1.